The van der Waals surface area contributed by atoms with Crippen molar-refractivity contribution < 1.29 is 17.9 Å². The van der Waals surface area contributed by atoms with E-state index < -0.39 is 15.9 Å². The van der Waals surface area contributed by atoms with E-state index in [2.05, 4.69) is 17.6 Å². The fourth-order valence-corrected chi connectivity index (χ4v) is 6.31. The number of benzene rings is 3. The van der Waals surface area contributed by atoms with Crippen LogP contribution in [0, 0.1) is 12.8 Å². The monoisotopic (exact) mass is 505 g/mol. The largest absolute Gasteiger partial charge is 0.454 e. The molecule has 3 aromatic carbocycles. The topological polar surface area (TPSA) is 87.7 Å². The number of carbonyl (C=O) groups is 1. The highest BCUT2D eigenvalue weighted by Gasteiger charge is 2.33. The molecule has 0 saturated carbocycles. The number of nitrogens with zero attached hydrogens (tertiary/aromatic N) is 1. The van der Waals surface area contributed by atoms with E-state index in [1.807, 2.05) is 55.5 Å². The second kappa shape index (κ2) is 9.95. The second-order valence-electron chi connectivity index (χ2n) is 9.65. The lowest BCUT2D eigenvalue weighted by atomic mass is 10.0. The Kier molecular flexibility index (Phi) is 6.73. The molecule has 0 atom stereocenters. The summed E-state index contributed by atoms with van der Waals surface area (Å²) in [6, 6.07) is 18.7. The first-order chi connectivity index (χ1) is 17.3. The van der Waals surface area contributed by atoms with E-state index in [-0.39, 0.29) is 10.5 Å². The normalized spacial score (nSPS) is 16.3. The summed E-state index contributed by atoms with van der Waals surface area (Å²) in [7, 11) is -3.82. The maximum Gasteiger partial charge on any atom is 0.259 e. The average Bonchev–Trinajstić information content (AvgIpc) is 2.99. The van der Waals surface area contributed by atoms with Crippen LogP contribution in [-0.4, -0.2) is 38.3 Å². The molecule has 3 aromatic rings. The minimum atomic E-state index is -3.82. The molecule has 2 N–H and O–H groups in total. The van der Waals surface area contributed by atoms with E-state index in [1.54, 1.807) is 6.07 Å². The van der Waals surface area contributed by atoms with Gasteiger partial charge in [-0.05, 0) is 61.4 Å². The van der Waals surface area contributed by atoms with Gasteiger partial charge in [0.15, 0.2) is 5.75 Å². The van der Waals surface area contributed by atoms with Crippen LogP contribution in [0.25, 0.3) is 0 Å². The van der Waals surface area contributed by atoms with Crippen molar-refractivity contribution in [3.63, 3.8) is 0 Å². The average molecular weight is 506 g/mol. The van der Waals surface area contributed by atoms with E-state index in [0.717, 1.165) is 30.4 Å². The standard InChI is InChI=1S/C28H31N3O4S/c1-19-11-14-31(15-12-19)36(33,34)27-17-22-26(18-24(27)29-13-10-21-6-4-3-5-7-21)35-25-9-8-20(2)16-23(25)30-28(22)32/h3-9,16-19,29H,10-15H2,1-2H3,(H,30,32). The SMILES string of the molecule is Cc1ccc2c(c1)NC(=O)c1cc(S(=O)(=O)N3CCC(C)CC3)c(NCCc3ccccc3)cc1O2. The minimum absolute atomic E-state index is 0.102. The molecule has 8 heteroatoms. The summed E-state index contributed by atoms with van der Waals surface area (Å²) in [6.07, 6.45) is 2.36. The number of hydrogen-bond donors (Lipinski definition) is 2. The van der Waals surface area contributed by atoms with Gasteiger partial charge < -0.3 is 15.4 Å². The van der Waals surface area contributed by atoms with Crippen molar-refractivity contribution in [2.75, 3.05) is 30.3 Å². The Labute approximate surface area is 212 Å². The summed E-state index contributed by atoms with van der Waals surface area (Å²) >= 11 is 0. The zero-order valence-electron chi connectivity index (χ0n) is 20.6. The third-order valence-corrected chi connectivity index (χ3v) is 8.80. The zero-order chi connectivity index (χ0) is 25.3. The van der Waals surface area contributed by atoms with Gasteiger partial charge in [-0.3, -0.25) is 4.79 Å². The number of piperidine rings is 1. The Morgan fingerprint density at radius 1 is 1.03 bits per heavy atom. The first kappa shape index (κ1) is 24.3. The number of sulfonamides is 1. The van der Waals surface area contributed by atoms with Crippen molar-refractivity contribution in [1.29, 1.82) is 0 Å². The predicted octanol–water partition coefficient (Wildman–Crippen LogP) is 5.43. The molecule has 5 rings (SSSR count). The van der Waals surface area contributed by atoms with Crippen LogP contribution in [-0.2, 0) is 16.4 Å². The van der Waals surface area contributed by atoms with Crippen molar-refractivity contribution in [2.45, 2.75) is 38.0 Å². The van der Waals surface area contributed by atoms with E-state index in [4.69, 9.17) is 4.74 Å². The minimum Gasteiger partial charge on any atom is -0.454 e. The molecule has 188 valence electrons. The predicted molar refractivity (Wildman–Crippen MR) is 141 cm³/mol. The lowest BCUT2D eigenvalue weighted by Crippen LogP contribution is -2.38. The Hall–Kier alpha value is -3.36. The molecule has 7 nitrogen and oxygen atoms in total. The molecule has 2 aliphatic rings. The van der Waals surface area contributed by atoms with Crippen molar-refractivity contribution >= 4 is 27.3 Å². The van der Waals surface area contributed by atoms with Crippen LogP contribution in [0.5, 0.6) is 11.5 Å². The second-order valence-corrected chi connectivity index (χ2v) is 11.6. The summed E-state index contributed by atoms with van der Waals surface area (Å²) in [5, 5.41) is 6.19. The number of fused-ring (bicyclic) bond motifs is 2. The quantitative estimate of drug-likeness (QED) is 0.467. The van der Waals surface area contributed by atoms with Crippen LogP contribution in [0.15, 0.2) is 65.6 Å². The molecule has 0 unspecified atom stereocenters. The highest BCUT2D eigenvalue weighted by atomic mass is 32.2. The first-order valence-corrected chi connectivity index (χ1v) is 13.8. The van der Waals surface area contributed by atoms with Gasteiger partial charge in [-0.1, -0.05) is 43.3 Å². The molecule has 0 radical (unpaired) electrons. The van der Waals surface area contributed by atoms with E-state index in [0.29, 0.717) is 48.4 Å². The van der Waals surface area contributed by atoms with E-state index >= 15 is 0 Å². The summed E-state index contributed by atoms with van der Waals surface area (Å²) in [4.78, 5) is 13.3. The number of aryl methyl sites for hydroxylation is 1. The van der Waals surface area contributed by atoms with Crippen LogP contribution < -0.4 is 15.4 Å². The van der Waals surface area contributed by atoms with Gasteiger partial charge in [-0.2, -0.15) is 4.31 Å². The maximum atomic E-state index is 13.8. The van der Waals surface area contributed by atoms with Gasteiger partial charge in [-0.15, -0.1) is 0 Å². The van der Waals surface area contributed by atoms with Crippen LogP contribution in [0.4, 0.5) is 11.4 Å². The highest BCUT2D eigenvalue weighted by molar-refractivity contribution is 7.89. The third kappa shape index (κ3) is 4.96. The highest BCUT2D eigenvalue weighted by Crippen LogP contribution is 2.40. The van der Waals surface area contributed by atoms with Gasteiger partial charge in [0.1, 0.15) is 10.6 Å². The van der Waals surface area contributed by atoms with Crippen LogP contribution in [0.3, 0.4) is 0 Å². The molecule has 2 aliphatic heterocycles. The molecule has 1 fully saturated rings. The van der Waals surface area contributed by atoms with Gasteiger partial charge in [-0.25, -0.2) is 8.42 Å². The number of carbonyl (C=O) groups excluding carboxylic acids is 1. The van der Waals surface area contributed by atoms with Crippen LogP contribution >= 0.6 is 0 Å². The Bertz CT molecular complexity index is 1380. The van der Waals surface area contributed by atoms with Crippen molar-refractivity contribution in [1.82, 2.24) is 4.31 Å². The Morgan fingerprint density at radius 2 is 1.78 bits per heavy atom. The van der Waals surface area contributed by atoms with Crippen molar-refractivity contribution in [3.05, 3.63) is 77.4 Å². The summed E-state index contributed by atoms with van der Waals surface area (Å²) in [5.41, 5.74) is 3.32. The van der Waals surface area contributed by atoms with Crippen LogP contribution in [0.2, 0.25) is 0 Å². The van der Waals surface area contributed by atoms with Crippen molar-refractivity contribution in [3.8, 4) is 11.5 Å². The summed E-state index contributed by atoms with van der Waals surface area (Å²) in [5.74, 6) is 0.939. The van der Waals surface area contributed by atoms with E-state index in [9.17, 15) is 13.2 Å². The lowest BCUT2D eigenvalue weighted by Gasteiger charge is -2.30. The number of hydrogen-bond acceptors (Lipinski definition) is 5. The molecule has 1 amide bonds. The zero-order valence-corrected chi connectivity index (χ0v) is 21.4. The Morgan fingerprint density at radius 3 is 2.53 bits per heavy atom. The molecule has 0 aromatic heterocycles. The Balaban J connectivity index is 1.53. The maximum absolute atomic E-state index is 13.8. The van der Waals surface area contributed by atoms with Gasteiger partial charge in [0.05, 0.1) is 16.9 Å². The van der Waals surface area contributed by atoms with Crippen molar-refractivity contribution in [2.24, 2.45) is 5.92 Å². The molecule has 1 saturated heterocycles. The first-order valence-electron chi connectivity index (χ1n) is 12.4. The van der Waals surface area contributed by atoms with Gasteiger partial charge in [0.2, 0.25) is 10.0 Å². The fraction of sp³-hybridized carbons (Fsp3) is 0.321. The number of rotatable bonds is 6. The summed E-state index contributed by atoms with van der Waals surface area (Å²) < 4.78 is 35.3. The number of anilines is 2. The molecule has 2 heterocycles. The lowest BCUT2D eigenvalue weighted by molar-refractivity contribution is 0.102. The van der Waals surface area contributed by atoms with Gasteiger partial charge >= 0.3 is 0 Å². The molecule has 0 bridgehead atoms. The molecule has 36 heavy (non-hydrogen) atoms. The van der Waals surface area contributed by atoms with Gasteiger partial charge in [0.25, 0.3) is 5.91 Å². The number of nitrogens with one attached hydrogen (secondary N) is 2. The van der Waals surface area contributed by atoms with Crippen LogP contribution in [0.1, 0.15) is 41.3 Å². The fourth-order valence-electron chi connectivity index (χ4n) is 4.66. The number of ether oxygens (including phenoxy) is 1. The smallest absolute Gasteiger partial charge is 0.259 e. The molecule has 0 spiro atoms. The van der Waals surface area contributed by atoms with Gasteiger partial charge in [0, 0.05) is 25.7 Å². The number of amides is 1. The molecular weight excluding hydrogens is 474 g/mol. The third-order valence-electron chi connectivity index (χ3n) is 6.86. The molecule has 0 aliphatic carbocycles. The molecular formula is C28H31N3O4S. The van der Waals surface area contributed by atoms with E-state index in [1.165, 1.54) is 10.4 Å². The summed E-state index contributed by atoms with van der Waals surface area (Å²) in [6.45, 7) is 5.55.